The van der Waals surface area contributed by atoms with Crippen molar-refractivity contribution < 1.29 is 18.0 Å². The Morgan fingerprint density at radius 2 is 1.81 bits per heavy atom. The third kappa shape index (κ3) is 4.27. The Morgan fingerprint density at radius 1 is 1.15 bits per heavy atom. The Labute approximate surface area is 154 Å². The van der Waals surface area contributed by atoms with Crippen LogP contribution in [0.15, 0.2) is 42.7 Å². The van der Waals surface area contributed by atoms with Crippen molar-refractivity contribution in [1.82, 2.24) is 14.6 Å². The summed E-state index contributed by atoms with van der Waals surface area (Å²) in [6.07, 6.45) is -0.914. The maximum absolute atomic E-state index is 12.8. The van der Waals surface area contributed by atoms with Crippen molar-refractivity contribution in [2.45, 2.75) is 33.4 Å². The van der Waals surface area contributed by atoms with E-state index < -0.39 is 11.7 Å². The number of halogens is 3. The number of carbonyl (C=O) groups excluding carboxylic acids is 1. The van der Waals surface area contributed by atoms with Gasteiger partial charge in [-0.3, -0.25) is 4.79 Å². The molecule has 0 spiro atoms. The standard InChI is InChI=1S/C19H19F3N4O/c1-18(2,3)11-14(27)24-16-15(17-23-9-4-10-26(17)25-16)12-5-7-13(8-6-12)19(20,21)22/h4-10H,11H2,1-3H3,(H,24,25,27). The Hall–Kier alpha value is -2.90. The van der Waals surface area contributed by atoms with Crippen LogP contribution in [-0.2, 0) is 11.0 Å². The number of rotatable bonds is 3. The van der Waals surface area contributed by atoms with Crippen molar-refractivity contribution in [3.8, 4) is 11.1 Å². The van der Waals surface area contributed by atoms with Gasteiger partial charge in [0, 0.05) is 18.8 Å². The molecule has 0 radical (unpaired) electrons. The van der Waals surface area contributed by atoms with Crippen LogP contribution >= 0.6 is 0 Å². The van der Waals surface area contributed by atoms with Gasteiger partial charge in [-0.05, 0) is 29.2 Å². The monoisotopic (exact) mass is 376 g/mol. The first-order valence-electron chi connectivity index (χ1n) is 8.35. The number of nitrogens with zero attached hydrogens (tertiary/aromatic N) is 3. The van der Waals surface area contributed by atoms with E-state index in [0.717, 1.165) is 12.1 Å². The molecule has 0 saturated carbocycles. The number of benzene rings is 1. The zero-order chi connectivity index (χ0) is 19.8. The summed E-state index contributed by atoms with van der Waals surface area (Å²) in [5.41, 5.74) is 0.461. The molecule has 142 valence electrons. The van der Waals surface area contributed by atoms with Crippen molar-refractivity contribution in [2.24, 2.45) is 5.41 Å². The van der Waals surface area contributed by atoms with E-state index in [2.05, 4.69) is 15.4 Å². The van der Waals surface area contributed by atoms with Gasteiger partial charge in [-0.1, -0.05) is 32.9 Å². The van der Waals surface area contributed by atoms with Crippen LogP contribution < -0.4 is 5.32 Å². The van der Waals surface area contributed by atoms with Gasteiger partial charge in [-0.15, -0.1) is 5.10 Å². The number of anilines is 1. The molecule has 8 heteroatoms. The molecule has 5 nitrogen and oxygen atoms in total. The normalized spacial score (nSPS) is 12.4. The van der Waals surface area contributed by atoms with Gasteiger partial charge < -0.3 is 5.32 Å². The lowest BCUT2D eigenvalue weighted by Gasteiger charge is -2.17. The second-order valence-corrected chi connectivity index (χ2v) is 7.47. The average Bonchev–Trinajstić information content (AvgIpc) is 2.90. The van der Waals surface area contributed by atoms with E-state index in [9.17, 15) is 18.0 Å². The summed E-state index contributed by atoms with van der Waals surface area (Å²) in [6.45, 7) is 5.82. The van der Waals surface area contributed by atoms with Crippen LogP contribution in [-0.4, -0.2) is 20.5 Å². The van der Waals surface area contributed by atoms with Gasteiger partial charge in [0.2, 0.25) is 5.91 Å². The molecular formula is C19H19F3N4O. The van der Waals surface area contributed by atoms with Crippen molar-refractivity contribution in [1.29, 1.82) is 0 Å². The maximum Gasteiger partial charge on any atom is 0.416 e. The number of nitrogens with one attached hydrogen (secondary N) is 1. The van der Waals surface area contributed by atoms with Crippen molar-refractivity contribution in [3.63, 3.8) is 0 Å². The number of hydrogen-bond acceptors (Lipinski definition) is 3. The first kappa shape index (κ1) is 18.9. The summed E-state index contributed by atoms with van der Waals surface area (Å²) >= 11 is 0. The van der Waals surface area contributed by atoms with Gasteiger partial charge in [0.15, 0.2) is 11.5 Å². The van der Waals surface area contributed by atoms with Crippen LogP contribution in [0.1, 0.15) is 32.8 Å². The number of fused-ring (bicyclic) bond motifs is 1. The Kier molecular flexibility index (Phi) is 4.67. The van der Waals surface area contributed by atoms with Gasteiger partial charge >= 0.3 is 6.18 Å². The maximum atomic E-state index is 12.8. The lowest BCUT2D eigenvalue weighted by Crippen LogP contribution is -2.20. The molecule has 0 atom stereocenters. The molecule has 1 aromatic carbocycles. The molecule has 0 unspecified atom stereocenters. The fourth-order valence-corrected chi connectivity index (χ4v) is 2.72. The number of carbonyl (C=O) groups is 1. The molecule has 3 rings (SSSR count). The molecule has 0 aliphatic heterocycles. The fraction of sp³-hybridized carbons (Fsp3) is 0.316. The molecule has 0 aliphatic rings. The zero-order valence-corrected chi connectivity index (χ0v) is 15.1. The molecule has 27 heavy (non-hydrogen) atoms. The van der Waals surface area contributed by atoms with Crippen molar-refractivity contribution in [2.75, 3.05) is 5.32 Å². The van der Waals surface area contributed by atoms with Crippen LogP contribution in [0.25, 0.3) is 16.8 Å². The van der Waals surface area contributed by atoms with E-state index in [0.29, 0.717) is 16.8 Å². The molecule has 0 saturated heterocycles. The molecule has 2 heterocycles. The van der Waals surface area contributed by atoms with Crippen LogP contribution in [0.3, 0.4) is 0 Å². The van der Waals surface area contributed by atoms with E-state index in [4.69, 9.17) is 0 Å². The van der Waals surface area contributed by atoms with Gasteiger partial charge in [-0.25, -0.2) is 9.50 Å². The van der Waals surface area contributed by atoms with Crippen LogP contribution in [0.2, 0.25) is 0 Å². The van der Waals surface area contributed by atoms with E-state index in [1.807, 2.05) is 20.8 Å². The molecule has 0 fully saturated rings. The summed E-state index contributed by atoms with van der Waals surface area (Å²) in [5, 5.41) is 7.10. The lowest BCUT2D eigenvalue weighted by atomic mass is 9.92. The zero-order valence-electron chi connectivity index (χ0n) is 15.1. The summed E-state index contributed by atoms with van der Waals surface area (Å²) < 4.78 is 40.0. The van der Waals surface area contributed by atoms with E-state index in [-0.39, 0.29) is 23.6 Å². The minimum absolute atomic E-state index is 0.212. The number of amides is 1. The lowest BCUT2D eigenvalue weighted by molar-refractivity contribution is -0.137. The smallest absolute Gasteiger partial charge is 0.309 e. The summed E-state index contributed by atoms with van der Waals surface area (Å²) in [6, 6.07) is 6.39. The summed E-state index contributed by atoms with van der Waals surface area (Å²) in [5.74, 6) is 0.0433. The van der Waals surface area contributed by atoms with E-state index >= 15 is 0 Å². The highest BCUT2D eigenvalue weighted by Gasteiger charge is 2.30. The third-order valence-corrected chi connectivity index (χ3v) is 3.84. The number of hydrogen-bond donors (Lipinski definition) is 1. The highest BCUT2D eigenvalue weighted by Crippen LogP contribution is 2.35. The summed E-state index contributed by atoms with van der Waals surface area (Å²) in [7, 11) is 0. The average molecular weight is 376 g/mol. The van der Waals surface area contributed by atoms with E-state index in [1.54, 1.807) is 18.5 Å². The van der Waals surface area contributed by atoms with Crippen LogP contribution in [0.5, 0.6) is 0 Å². The minimum Gasteiger partial charge on any atom is -0.309 e. The van der Waals surface area contributed by atoms with Gasteiger partial charge in [0.25, 0.3) is 0 Å². The molecule has 0 bridgehead atoms. The summed E-state index contributed by atoms with van der Waals surface area (Å²) in [4.78, 5) is 16.6. The highest BCUT2D eigenvalue weighted by atomic mass is 19.4. The Morgan fingerprint density at radius 3 is 2.41 bits per heavy atom. The highest BCUT2D eigenvalue weighted by molar-refractivity contribution is 5.98. The van der Waals surface area contributed by atoms with Gasteiger partial charge in [0.05, 0.1) is 11.1 Å². The third-order valence-electron chi connectivity index (χ3n) is 3.84. The molecule has 2 aromatic heterocycles. The number of alkyl halides is 3. The SMILES string of the molecule is CC(C)(C)CC(=O)Nc1nn2cccnc2c1-c1ccc(C(F)(F)F)cc1. The molecular weight excluding hydrogens is 357 g/mol. The van der Waals surface area contributed by atoms with Gasteiger partial charge in [0.1, 0.15) is 0 Å². The van der Waals surface area contributed by atoms with Gasteiger partial charge in [-0.2, -0.15) is 13.2 Å². The molecule has 3 aromatic rings. The number of aromatic nitrogens is 3. The second-order valence-electron chi connectivity index (χ2n) is 7.47. The minimum atomic E-state index is -4.42. The quantitative estimate of drug-likeness (QED) is 0.715. The largest absolute Gasteiger partial charge is 0.416 e. The second kappa shape index (κ2) is 6.68. The molecule has 0 aliphatic carbocycles. The topological polar surface area (TPSA) is 59.3 Å². The van der Waals surface area contributed by atoms with Crippen LogP contribution in [0.4, 0.5) is 19.0 Å². The Balaban J connectivity index is 2.04. The predicted molar refractivity (Wildman–Crippen MR) is 96.1 cm³/mol. The first-order valence-corrected chi connectivity index (χ1v) is 8.35. The predicted octanol–water partition coefficient (Wildman–Crippen LogP) is 4.79. The first-order chi connectivity index (χ1) is 12.5. The van der Waals surface area contributed by atoms with E-state index in [1.165, 1.54) is 16.6 Å². The Bertz CT molecular complexity index is 969. The van der Waals surface area contributed by atoms with Crippen LogP contribution in [0, 0.1) is 5.41 Å². The van der Waals surface area contributed by atoms with Crippen molar-refractivity contribution in [3.05, 3.63) is 48.3 Å². The molecule has 1 N–H and O–H groups in total. The fourth-order valence-electron chi connectivity index (χ4n) is 2.72. The molecule has 1 amide bonds. The van der Waals surface area contributed by atoms with Crippen molar-refractivity contribution >= 4 is 17.4 Å².